The summed E-state index contributed by atoms with van der Waals surface area (Å²) < 4.78 is 46.1. The number of phenolic OH excluding ortho intramolecular Hbond substituents is 3. The fourth-order valence-electron chi connectivity index (χ4n) is 2.98. The predicted molar refractivity (Wildman–Crippen MR) is 102 cm³/mol. The summed E-state index contributed by atoms with van der Waals surface area (Å²) in [7, 11) is 0. The Kier molecular flexibility index (Phi) is 5.86. The SMILES string of the molecule is O=C(CCc1ccc(Oc2ccccc2)cc1C(F)(F)F)c1c(O)cc(O)cc1O. The Bertz CT molecular complexity index is 1040. The van der Waals surface area contributed by atoms with Gasteiger partial charge in [0, 0.05) is 18.6 Å². The molecule has 0 bridgehead atoms. The van der Waals surface area contributed by atoms with Crippen molar-refractivity contribution in [2.75, 3.05) is 0 Å². The van der Waals surface area contributed by atoms with E-state index in [2.05, 4.69) is 0 Å². The predicted octanol–water partition coefficient (Wildman–Crippen LogP) is 5.43. The maximum atomic E-state index is 13.5. The van der Waals surface area contributed by atoms with Gasteiger partial charge in [0.05, 0.1) is 5.56 Å². The van der Waals surface area contributed by atoms with Gasteiger partial charge in [0.25, 0.3) is 0 Å². The van der Waals surface area contributed by atoms with Crippen LogP contribution in [0.1, 0.15) is 27.9 Å². The number of hydrogen-bond donors (Lipinski definition) is 3. The van der Waals surface area contributed by atoms with E-state index in [4.69, 9.17) is 4.74 Å². The Morgan fingerprint density at radius 3 is 2.10 bits per heavy atom. The lowest BCUT2D eigenvalue weighted by atomic mass is 9.97. The van der Waals surface area contributed by atoms with Crippen LogP contribution in [0.25, 0.3) is 0 Å². The molecule has 0 spiro atoms. The molecule has 0 aliphatic carbocycles. The van der Waals surface area contributed by atoms with Gasteiger partial charge in [-0.3, -0.25) is 4.79 Å². The summed E-state index contributed by atoms with van der Waals surface area (Å²) in [4.78, 5) is 12.3. The first-order valence-electron chi connectivity index (χ1n) is 8.86. The van der Waals surface area contributed by atoms with Crippen molar-refractivity contribution in [3.8, 4) is 28.7 Å². The molecule has 156 valence electrons. The number of para-hydroxylation sites is 1. The number of alkyl halides is 3. The van der Waals surface area contributed by atoms with Crippen LogP contribution in [-0.4, -0.2) is 21.1 Å². The Hall–Kier alpha value is -3.68. The van der Waals surface area contributed by atoms with Crippen LogP contribution in [0.5, 0.6) is 28.7 Å². The van der Waals surface area contributed by atoms with Crippen LogP contribution >= 0.6 is 0 Å². The number of halogens is 3. The molecule has 0 atom stereocenters. The number of benzene rings is 3. The minimum Gasteiger partial charge on any atom is -0.508 e. The van der Waals surface area contributed by atoms with Gasteiger partial charge in [-0.2, -0.15) is 13.2 Å². The van der Waals surface area contributed by atoms with Gasteiger partial charge < -0.3 is 20.1 Å². The van der Waals surface area contributed by atoms with E-state index in [1.165, 1.54) is 12.1 Å². The highest BCUT2D eigenvalue weighted by molar-refractivity contribution is 6.01. The van der Waals surface area contributed by atoms with Crippen LogP contribution in [0.15, 0.2) is 60.7 Å². The molecule has 0 radical (unpaired) electrons. The fourth-order valence-corrected chi connectivity index (χ4v) is 2.98. The molecule has 0 saturated heterocycles. The van der Waals surface area contributed by atoms with Crippen LogP contribution < -0.4 is 4.74 Å². The normalized spacial score (nSPS) is 11.3. The highest BCUT2D eigenvalue weighted by Crippen LogP contribution is 2.37. The van der Waals surface area contributed by atoms with Crippen molar-refractivity contribution in [2.45, 2.75) is 19.0 Å². The zero-order valence-corrected chi connectivity index (χ0v) is 15.5. The second-order valence-corrected chi connectivity index (χ2v) is 6.51. The van der Waals surface area contributed by atoms with E-state index in [1.54, 1.807) is 30.3 Å². The molecule has 30 heavy (non-hydrogen) atoms. The summed E-state index contributed by atoms with van der Waals surface area (Å²) in [5.74, 6) is -2.14. The van der Waals surface area contributed by atoms with Gasteiger partial charge in [-0.15, -0.1) is 0 Å². The molecule has 3 N–H and O–H groups in total. The number of rotatable bonds is 6. The molecule has 0 aliphatic heterocycles. The Balaban J connectivity index is 1.82. The van der Waals surface area contributed by atoms with Gasteiger partial charge in [0.1, 0.15) is 34.3 Å². The molecule has 0 aromatic heterocycles. The van der Waals surface area contributed by atoms with Gasteiger partial charge in [-0.25, -0.2) is 0 Å². The third-order valence-electron chi connectivity index (χ3n) is 4.35. The highest BCUT2D eigenvalue weighted by atomic mass is 19.4. The molecule has 3 aromatic carbocycles. The van der Waals surface area contributed by atoms with Crippen LogP contribution in [0.4, 0.5) is 13.2 Å². The van der Waals surface area contributed by atoms with Crippen LogP contribution in [-0.2, 0) is 12.6 Å². The molecule has 5 nitrogen and oxygen atoms in total. The zero-order valence-electron chi connectivity index (χ0n) is 15.5. The molecule has 0 heterocycles. The second kappa shape index (κ2) is 8.36. The molecule has 0 aliphatic rings. The van der Waals surface area contributed by atoms with Gasteiger partial charge in [0.2, 0.25) is 0 Å². The van der Waals surface area contributed by atoms with E-state index in [-0.39, 0.29) is 17.7 Å². The van der Waals surface area contributed by atoms with Crippen LogP contribution in [0.2, 0.25) is 0 Å². The first-order valence-corrected chi connectivity index (χ1v) is 8.86. The van der Waals surface area contributed by atoms with Crippen molar-refractivity contribution in [1.82, 2.24) is 0 Å². The number of Topliss-reactive ketones (excluding diaryl/α,β-unsaturated/α-hetero) is 1. The first kappa shape index (κ1) is 21.0. The number of ether oxygens (including phenoxy) is 1. The quantitative estimate of drug-likeness (QED) is 0.465. The molecule has 3 rings (SSSR count). The number of carbonyl (C=O) groups excluding carboxylic acids is 1. The molecule has 3 aromatic rings. The smallest absolute Gasteiger partial charge is 0.416 e. The zero-order chi connectivity index (χ0) is 21.9. The summed E-state index contributed by atoms with van der Waals surface area (Å²) in [6.07, 6.45) is -5.34. The molecular weight excluding hydrogens is 401 g/mol. The summed E-state index contributed by atoms with van der Waals surface area (Å²) in [6, 6.07) is 13.5. The maximum absolute atomic E-state index is 13.5. The molecular formula is C22H17F3O5. The number of carbonyl (C=O) groups is 1. The van der Waals surface area contributed by atoms with Crippen LogP contribution in [0, 0.1) is 0 Å². The van der Waals surface area contributed by atoms with Crippen molar-refractivity contribution in [3.63, 3.8) is 0 Å². The topological polar surface area (TPSA) is 87.0 Å². The van der Waals surface area contributed by atoms with E-state index >= 15 is 0 Å². The van der Waals surface area contributed by atoms with Crippen molar-refractivity contribution in [2.24, 2.45) is 0 Å². The van der Waals surface area contributed by atoms with E-state index in [1.807, 2.05) is 0 Å². The van der Waals surface area contributed by atoms with E-state index in [0.29, 0.717) is 5.75 Å². The third-order valence-corrected chi connectivity index (χ3v) is 4.35. The Morgan fingerprint density at radius 1 is 0.867 bits per heavy atom. The second-order valence-electron chi connectivity index (χ2n) is 6.51. The maximum Gasteiger partial charge on any atom is 0.416 e. The fraction of sp³-hybridized carbons (Fsp3) is 0.136. The van der Waals surface area contributed by atoms with Crippen molar-refractivity contribution >= 4 is 5.78 Å². The number of ketones is 1. The number of aryl methyl sites for hydroxylation is 1. The van der Waals surface area contributed by atoms with Gasteiger partial charge in [-0.05, 0) is 36.2 Å². The highest BCUT2D eigenvalue weighted by Gasteiger charge is 2.34. The standard InChI is InChI=1S/C22H17F3O5/c23-22(24,25)17-12-16(30-15-4-2-1-3-5-15)8-6-13(17)7-9-18(27)21-19(28)10-14(26)11-20(21)29/h1-6,8,10-12,26,28-29H,7,9H2. The first-order chi connectivity index (χ1) is 14.1. The Morgan fingerprint density at radius 2 is 1.50 bits per heavy atom. The molecule has 0 amide bonds. The van der Waals surface area contributed by atoms with E-state index < -0.39 is 46.8 Å². The number of phenols is 3. The summed E-state index contributed by atoms with van der Waals surface area (Å²) in [6.45, 7) is 0. The van der Waals surface area contributed by atoms with Crippen molar-refractivity contribution in [3.05, 3.63) is 77.4 Å². The van der Waals surface area contributed by atoms with Gasteiger partial charge in [-0.1, -0.05) is 24.3 Å². The lowest BCUT2D eigenvalue weighted by Crippen LogP contribution is -2.11. The largest absolute Gasteiger partial charge is 0.508 e. The summed E-state index contributed by atoms with van der Waals surface area (Å²) in [5, 5.41) is 28.8. The number of hydrogen-bond acceptors (Lipinski definition) is 5. The average Bonchev–Trinajstić information content (AvgIpc) is 2.66. The number of aromatic hydroxyl groups is 3. The Labute approximate surface area is 169 Å². The summed E-state index contributed by atoms with van der Waals surface area (Å²) in [5.41, 5.74) is -1.53. The minimum absolute atomic E-state index is 0.00238. The lowest BCUT2D eigenvalue weighted by Gasteiger charge is -2.15. The third kappa shape index (κ3) is 4.83. The lowest BCUT2D eigenvalue weighted by molar-refractivity contribution is -0.138. The molecule has 0 fully saturated rings. The van der Waals surface area contributed by atoms with E-state index in [0.717, 1.165) is 18.2 Å². The monoisotopic (exact) mass is 418 g/mol. The van der Waals surface area contributed by atoms with Crippen molar-refractivity contribution in [1.29, 1.82) is 0 Å². The van der Waals surface area contributed by atoms with Gasteiger partial charge in [0.15, 0.2) is 5.78 Å². The van der Waals surface area contributed by atoms with Crippen LogP contribution in [0.3, 0.4) is 0 Å². The van der Waals surface area contributed by atoms with E-state index in [9.17, 15) is 33.3 Å². The van der Waals surface area contributed by atoms with Gasteiger partial charge >= 0.3 is 6.18 Å². The molecule has 8 heteroatoms. The average molecular weight is 418 g/mol. The molecule has 0 saturated carbocycles. The summed E-state index contributed by atoms with van der Waals surface area (Å²) >= 11 is 0. The minimum atomic E-state index is -4.67. The molecule has 0 unspecified atom stereocenters. The van der Waals surface area contributed by atoms with Crippen molar-refractivity contribution < 1.29 is 38.0 Å².